The fourth-order valence-corrected chi connectivity index (χ4v) is 4.33. The quantitative estimate of drug-likeness (QED) is 0.669. The fourth-order valence-electron chi connectivity index (χ4n) is 4.09. The van der Waals surface area contributed by atoms with Crippen molar-refractivity contribution in [2.24, 2.45) is 0 Å². The molecule has 0 unspecified atom stereocenters. The van der Waals surface area contributed by atoms with Crippen molar-refractivity contribution in [1.82, 2.24) is 29.9 Å². The van der Waals surface area contributed by atoms with Gasteiger partial charge in [0.05, 0.1) is 35.3 Å². The van der Waals surface area contributed by atoms with Gasteiger partial charge in [0.15, 0.2) is 5.82 Å². The number of rotatable bonds is 2. The summed E-state index contributed by atoms with van der Waals surface area (Å²) >= 11 is 6.27. The summed E-state index contributed by atoms with van der Waals surface area (Å²) in [6, 6.07) is 2.96. The van der Waals surface area contributed by atoms with Crippen molar-refractivity contribution in [3.8, 4) is 5.82 Å². The Morgan fingerprint density at radius 2 is 2.04 bits per heavy atom. The SMILES string of the molecule is O=C(Nc1cnc(-n2nccn2)c(Cl)c1)N1[C@@H]2CC[C@H]1c1ccnc(F)c1C2. The summed E-state index contributed by atoms with van der Waals surface area (Å²) in [7, 11) is 0. The smallest absolute Gasteiger partial charge is 0.314 e. The van der Waals surface area contributed by atoms with Gasteiger partial charge in [0, 0.05) is 17.8 Å². The zero-order chi connectivity index (χ0) is 19.3. The first-order valence-corrected chi connectivity index (χ1v) is 9.24. The van der Waals surface area contributed by atoms with Crippen LogP contribution in [0.25, 0.3) is 5.82 Å². The Hall–Kier alpha value is -3.07. The molecule has 0 saturated carbocycles. The lowest BCUT2D eigenvalue weighted by molar-refractivity contribution is 0.178. The second-order valence-electron chi connectivity index (χ2n) is 6.81. The van der Waals surface area contributed by atoms with Gasteiger partial charge in [-0.15, -0.1) is 4.80 Å². The molecule has 2 aliphatic rings. The van der Waals surface area contributed by atoms with E-state index in [0.717, 1.165) is 18.4 Å². The molecule has 0 radical (unpaired) electrons. The van der Waals surface area contributed by atoms with E-state index in [9.17, 15) is 9.18 Å². The van der Waals surface area contributed by atoms with E-state index in [0.29, 0.717) is 28.5 Å². The van der Waals surface area contributed by atoms with Crippen LogP contribution in [-0.2, 0) is 6.42 Å². The van der Waals surface area contributed by atoms with Gasteiger partial charge < -0.3 is 10.2 Å². The monoisotopic (exact) mass is 399 g/mol. The van der Waals surface area contributed by atoms with E-state index in [1.54, 1.807) is 17.0 Å². The Morgan fingerprint density at radius 1 is 1.21 bits per heavy atom. The number of halogens is 2. The number of hydrogen-bond acceptors (Lipinski definition) is 5. The van der Waals surface area contributed by atoms with E-state index >= 15 is 0 Å². The third kappa shape index (κ3) is 2.70. The zero-order valence-corrected chi connectivity index (χ0v) is 15.3. The zero-order valence-electron chi connectivity index (χ0n) is 14.6. The number of carbonyl (C=O) groups is 1. The van der Waals surface area contributed by atoms with Gasteiger partial charge in [-0.3, -0.25) is 0 Å². The van der Waals surface area contributed by atoms with Crippen molar-refractivity contribution in [1.29, 1.82) is 0 Å². The van der Waals surface area contributed by atoms with E-state index in [4.69, 9.17) is 11.6 Å². The first kappa shape index (κ1) is 17.1. The molecule has 3 aromatic rings. The number of nitrogens with zero attached hydrogens (tertiary/aromatic N) is 6. The van der Waals surface area contributed by atoms with Crippen LogP contribution in [-0.4, -0.2) is 41.9 Å². The Morgan fingerprint density at radius 3 is 2.82 bits per heavy atom. The summed E-state index contributed by atoms with van der Waals surface area (Å²) < 4.78 is 14.1. The second kappa shape index (κ2) is 6.52. The number of amides is 2. The van der Waals surface area contributed by atoms with Crippen molar-refractivity contribution < 1.29 is 9.18 Å². The number of hydrogen-bond donors (Lipinski definition) is 1. The highest BCUT2D eigenvalue weighted by Crippen LogP contribution is 2.44. The first-order chi connectivity index (χ1) is 13.6. The minimum atomic E-state index is -0.437. The number of pyridine rings is 2. The predicted molar refractivity (Wildman–Crippen MR) is 98.7 cm³/mol. The third-order valence-electron chi connectivity index (χ3n) is 5.26. The summed E-state index contributed by atoms with van der Waals surface area (Å²) in [5.74, 6) is -0.0622. The van der Waals surface area contributed by atoms with Gasteiger partial charge in [0.25, 0.3) is 0 Å². The molecule has 1 saturated heterocycles. The highest BCUT2D eigenvalue weighted by Gasteiger charge is 2.43. The van der Waals surface area contributed by atoms with Crippen LogP contribution in [0.15, 0.2) is 36.9 Å². The van der Waals surface area contributed by atoms with E-state index in [-0.39, 0.29) is 18.1 Å². The molecule has 2 aliphatic heterocycles. The Balaban J connectivity index is 1.39. The third-order valence-corrected chi connectivity index (χ3v) is 5.53. The maximum atomic E-state index is 14.1. The topological polar surface area (TPSA) is 88.8 Å². The minimum absolute atomic E-state index is 0.0489. The van der Waals surface area contributed by atoms with Crippen LogP contribution in [0.1, 0.15) is 30.0 Å². The maximum Gasteiger partial charge on any atom is 0.322 e. The molecule has 2 amide bonds. The molecule has 1 fully saturated rings. The second-order valence-corrected chi connectivity index (χ2v) is 7.21. The molecule has 2 bridgehead atoms. The van der Waals surface area contributed by atoms with E-state index in [2.05, 4.69) is 25.5 Å². The minimum Gasteiger partial charge on any atom is -0.314 e. The van der Waals surface area contributed by atoms with Crippen LogP contribution >= 0.6 is 11.6 Å². The van der Waals surface area contributed by atoms with Crippen molar-refractivity contribution in [3.63, 3.8) is 0 Å². The highest BCUT2D eigenvalue weighted by molar-refractivity contribution is 6.32. The van der Waals surface area contributed by atoms with Crippen molar-refractivity contribution in [2.45, 2.75) is 31.3 Å². The number of carbonyl (C=O) groups excluding carboxylic acids is 1. The molecular weight excluding hydrogens is 385 g/mol. The fraction of sp³-hybridized carbons (Fsp3) is 0.278. The molecular formula is C18H15ClFN7O. The molecule has 3 aromatic heterocycles. The summed E-state index contributed by atoms with van der Waals surface area (Å²) in [5.41, 5.74) is 1.93. The largest absolute Gasteiger partial charge is 0.322 e. The molecule has 8 nitrogen and oxygen atoms in total. The van der Waals surface area contributed by atoms with E-state index in [1.807, 2.05) is 0 Å². The standard InChI is InChI=1S/C18H15ClFN7O/c19-14-7-10(9-22-17(14)27-23-5-6-24-27)25-18(28)26-11-1-2-15(26)12-3-4-21-16(20)13(12)8-11/h3-7,9,11,15H,1-2,8H2,(H,25,28)/t11-,15+/m1/s1. The molecule has 10 heteroatoms. The number of fused-ring (bicyclic) bond motifs is 4. The number of urea groups is 1. The van der Waals surface area contributed by atoms with Crippen LogP contribution in [0.4, 0.5) is 14.9 Å². The number of aromatic nitrogens is 5. The van der Waals surface area contributed by atoms with Crippen molar-refractivity contribution >= 4 is 23.3 Å². The Kier molecular flexibility index (Phi) is 3.97. The lowest BCUT2D eigenvalue weighted by atomic mass is 9.95. The van der Waals surface area contributed by atoms with E-state index in [1.165, 1.54) is 29.6 Å². The molecule has 142 valence electrons. The first-order valence-electron chi connectivity index (χ1n) is 8.86. The van der Waals surface area contributed by atoms with Gasteiger partial charge in [-0.2, -0.15) is 14.6 Å². The normalized spacial score (nSPS) is 20.1. The summed E-state index contributed by atoms with van der Waals surface area (Å²) in [4.78, 5) is 24.0. The molecule has 0 aliphatic carbocycles. The molecule has 5 heterocycles. The maximum absolute atomic E-state index is 14.1. The molecule has 5 rings (SSSR count). The van der Waals surface area contributed by atoms with Crippen LogP contribution < -0.4 is 5.32 Å². The Bertz CT molecular complexity index is 1060. The van der Waals surface area contributed by atoms with Crippen LogP contribution in [0.2, 0.25) is 5.02 Å². The molecule has 1 N–H and O–H groups in total. The molecule has 0 spiro atoms. The predicted octanol–water partition coefficient (Wildman–Crippen LogP) is 3.14. The van der Waals surface area contributed by atoms with Gasteiger partial charge >= 0.3 is 6.03 Å². The lowest BCUT2D eigenvalue weighted by Crippen LogP contribution is -2.44. The van der Waals surface area contributed by atoms with Crippen LogP contribution in [0.3, 0.4) is 0 Å². The average molecular weight is 400 g/mol. The van der Waals surface area contributed by atoms with Crippen molar-refractivity contribution in [2.75, 3.05) is 5.32 Å². The average Bonchev–Trinajstić information content (AvgIpc) is 3.30. The van der Waals surface area contributed by atoms with E-state index < -0.39 is 5.95 Å². The summed E-state index contributed by atoms with van der Waals surface area (Å²) in [6.45, 7) is 0. The van der Waals surface area contributed by atoms with Crippen molar-refractivity contribution in [3.05, 3.63) is 59.0 Å². The van der Waals surface area contributed by atoms with Gasteiger partial charge in [-0.25, -0.2) is 14.8 Å². The Labute approximate surface area is 164 Å². The molecule has 2 atom stereocenters. The lowest BCUT2D eigenvalue weighted by Gasteiger charge is -2.36. The molecule has 28 heavy (non-hydrogen) atoms. The van der Waals surface area contributed by atoms with Gasteiger partial charge in [-0.1, -0.05) is 11.6 Å². The van der Waals surface area contributed by atoms with Gasteiger partial charge in [0.1, 0.15) is 0 Å². The number of nitrogens with one attached hydrogen (secondary N) is 1. The van der Waals surface area contributed by atoms with Gasteiger partial charge in [0.2, 0.25) is 5.95 Å². The van der Waals surface area contributed by atoms with Crippen LogP contribution in [0.5, 0.6) is 0 Å². The number of anilines is 1. The molecule has 0 aromatic carbocycles. The van der Waals surface area contributed by atoms with Crippen LogP contribution in [0, 0.1) is 5.95 Å². The summed E-state index contributed by atoms with van der Waals surface area (Å²) in [5, 5.41) is 11.2. The highest BCUT2D eigenvalue weighted by atomic mass is 35.5. The summed E-state index contributed by atoms with van der Waals surface area (Å²) in [6.07, 6.45) is 8.11. The van der Waals surface area contributed by atoms with Gasteiger partial charge in [-0.05, 0) is 37.0 Å².